The van der Waals surface area contributed by atoms with Crippen LogP contribution in [0.2, 0.25) is 0 Å². The van der Waals surface area contributed by atoms with Gasteiger partial charge in [-0.2, -0.15) is 0 Å². The van der Waals surface area contributed by atoms with E-state index in [1.807, 2.05) is 86.6 Å². The Morgan fingerprint density at radius 2 is 0.900 bits per heavy atom. The second-order valence-corrected chi connectivity index (χ2v) is 17.3. The van der Waals surface area contributed by atoms with Crippen molar-refractivity contribution in [3.63, 3.8) is 0 Å². The molecule has 0 saturated carbocycles. The number of ether oxygens (including phenoxy) is 2. The summed E-state index contributed by atoms with van der Waals surface area (Å²) in [5.74, 6) is 1.33. The van der Waals surface area contributed by atoms with E-state index in [0.29, 0.717) is 17.3 Å². The molecule has 0 radical (unpaired) electrons. The molecule has 0 amide bonds. The molecule has 0 aliphatic rings. The quantitative estimate of drug-likeness (QED) is 0.0544. The summed E-state index contributed by atoms with van der Waals surface area (Å²) in [4.78, 5) is 25.2. The van der Waals surface area contributed by atoms with Crippen LogP contribution in [0.1, 0.15) is 102 Å². The predicted octanol–water partition coefficient (Wildman–Crippen LogP) is 9.82. The summed E-state index contributed by atoms with van der Waals surface area (Å²) in [5.41, 5.74) is 4.02. The Labute approximate surface area is 305 Å². The number of aromatic hydroxyl groups is 1. The fraction of sp³-hybridized carbons (Fsp3) is 0.381. The third kappa shape index (κ3) is 10.2. The predicted molar refractivity (Wildman–Crippen MR) is 206 cm³/mol. The molecule has 0 atom stereocenters. The van der Waals surface area contributed by atoms with Crippen molar-refractivity contribution in [1.29, 1.82) is 0 Å². The first kappa shape index (κ1) is 39.1. The zero-order valence-corrected chi connectivity index (χ0v) is 32.0. The van der Waals surface area contributed by atoms with Gasteiger partial charge in [0.05, 0.1) is 18.4 Å². The van der Waals surface area contributed by atoms with Crippen LogP contribution in [-0.4, -0.2) is 33.7 Å². The lowest BCUT2D eigenvalue weighted by atomic mass is 9.77. The number of aliphatic hydroxyl groups is 1. The van der Waals surface area contributed by atoms with Gasteiger partial charge in [-0.15, -0.1) is 0 Å². The van der Waals surface area contributed by atoms with Crippen molar-refractivity contribution >= 4 is 33.5 Å². The molecule has 0 unspecified atom stereocenters. The molecular formula is C42H50O6S2. The van der Waals surface area contributed by atoms with E-state index in [4.69, 9.17) is 9.47 Å². The number of hydrogen-bond acceptors (Lipinski definition) is 8. The summed E-state index contributed by atoms with van der Waals surface area (Å²) < 4.78 is 11.4. The summed E-state index contributed by atoms with van der Waals surface area (Å²) in [7, 11) is 3.07. The number of carbonyl (C=O) groups is 2. The molecule has 266 valence electrons. The van der Waals surface area contributed by atoms with Crippen molar-refractivity contribution in [3.8, 4) is 11.5 Å². The van der Waals surface area contributed by atoms with Gasteiger partial charge in [-0.25, -0.2) is 0 Å². The average Bonchev–Trinajstić information content (AvgIpc) is 3.06. The lowest BCUT2D eigenvalue weighted by Gasteiger charge is -2.29. The van der Waals surface area contributed by atoms with E-state index in [0.717, 1.165) is 33.4 Å². The Hall–Kier alpha value is -3.72. The van der Waals surface area contributed by atoms with E-state index >= 15 is 0 Å². The van der Waals surface area contributed by atoms with Crippen LogP contribution in [-0.2, 0) is 36.4 Å². The standard InChI is InChI=1S/C42H50O6S2/c1-39(2,31-17-21-35(43)22-18-31)30-11-15-34(16-12-30)42(7,8)48-38(45)26-28-50-49-27-25-37(44)47-36-23-19-32(20-24-36)40(3,4)29-9-13-33(14-10-29)41(5,6)46/h9-24,43,46H,25-28H2,1-8H3. The van der Waals surface area contributed by atoms with Crippen LogP contribution in [0.5, 0.6) is 11.5 Å². The topological polar surface area (TPSA) is 93.1 Å². The largest absolute Gasteiger partial charge is 0.508 e. The summed E-state index contributed by atoms with van der Waals surface area (Å²) in [6.07, 6.45) is 0.527. The SMILES string of the molecule is CC(C)(O)c1ccc(C(C)(C)c2ccc(OC(=O)CCSSCCC(=O)OC(C)(C)c3ccc(C(C)(C)c4ccc(O)cc4)cc3)cc2)cc1. The smallest absolute Gasteiger partial charge is 0.312 e. The number of benzene rings is 4. The molecule has 0 fully saturated rings. The van der Waals surface area contributed by atoms with Crippen LogP contribution < -0.4 is 4.74 Å². The van der Waals surface area contributed by atoms with E-state index in [9.17, 15) is 19.8 Å². The fourth-order valence-corrected chi connectivity index (χ4v) is 7.62. The molecule has 4 rings (SSSR count). The molecule has 0 aliphatic carbocycles. The van der Waals surface area contributed by atoms with Gasteiger partial charge in [0.2, 0.25) is 0 Å². The van der Waals surface area contributed by atoms with E-state index < -0.39 is 11.2 Å². The highest BCUT2D eigenvalue weighted by atomic mass is 33.1. The molecule has 50 heavy (non-hydrogen) atoms. The highest BCUT2D eigenvalue weighted by Gasteiger charge is 2.28. The van der Waals surface area contributed by atoms with Crippen LogP contribution in [0, 0.1) is 0 Å². The first-order chi connectivity index (χ1) is 23.4. The maximum Gasteiger partial charge on any atom is 0.312 e. The first-order valence-electron chi connectivity index (χ1n) is 16.9. The van der Waals surface area contributed by atoms with Crippen molar-refractivity contribution in [3.05, 3.63) is 130 Å². The van der Waals surface area contributed by atoms with Gasteiger partial charge in [-0.1, -0.05) is 122 Å². The van der Waals surface area contributed by atoms with E-state index in [2.05, 4.69) is 39.8 Å². The summed E-state index contributed by atoms with van der Waals surface area (Å²) in [6.45, 7) is 15.9. The molecule has 0 bridgehead atoms. The van der Waals surface area contributed by atoms with Crippen LogP contribution in [0.15, 0.2) is 97.1 Å². The van der Waals surface area contributed by atoms with Gasteiger partial charge in [0.25, 0.3) is 0 Å². The molecule has 0 spiro atoms. The van der Waals surface area contributed by atoms with Gasteiger partial charge < -0.3 is 19.7 Å². The number of esters is 2. The van der Waals surface area contributed by atoms with E-state index in [1.54, 1.807) is 26.0 Å². The summed E-state index contributed by atoms with van der Waals surface area (Å²) in [5, 5.41) is 19.9. The monoisotopic (exact) mass is 714 g/mol. The Balaban J connectivity index is 1.16. The minimum absolute atomic E-state index is 0.243. The summed E-state index contributed by atoms with van der Waals surface area (Å²) >= 11 is 0. The van der Waals surface area contributed by atoms with Gasteiger partial charge in [-0.3, -0.25) is 9.59 Å². The van der Waals surface area contributed by atoms with Crippen molar-refractivity contribution in [2.45, 2.75) is 90.3 Å². The van der Waals surface area contributed by atoms with Crippen LogP contribution in [0.25, 0.3) is 0 Å². The second kappa shape index (κ2) is 16.1. The Morgan fingerprint density at radius 3 is 1.34 bits per heavy atom. The van der Waals surface area contributed by atoms with E-state index in [1.165, 1.54) is 21.6 Å². The first-order valence-corrected chi connectivity index (χ1v) is 19.4. The molecule has 0 aromatic heterocycles. The summed E-state index contributed by atoms with van der Waals surface area (Å²) in [6, 6.07) is 31.0. The maximum absolute atomic E-state index is 12.7. The third-order valence-corrected chi connectivity index (χ3v) is 11.7. The molecule has 4 aromatic carbocycles. The zero-order chi connectivity index (χ0) is 36.7. The van der Waals surface area contributed by atoms with Crippen LogP contribution in [0.3, 0.4) is 0 Å². The molecular weight excluding hydrogens is 665 g/mol. The molecule has 0 saturated heterocycles. The zero-order valence-electron chi connectivity index (χ0n) is 30.4. The minimum Gasteiger partial charge on any atom is -0.508 e. The lowest BCUT2D eigenvalue weighted by Crippen LogP contribution is -2.26. The highest BCUT2D eigenvalue weighted by molar-refractivity contribution is 8.76. The molecule has 6 nitrogen and oxygen atoms in total. The number of rotatable bonds is 15. The van der Waals surface area contributed by atoms with E-state index in [-0.39, 0.29) is 41.4 Å². The Morgan fingerprint density at radius 1 is 0.540 bits per heavy atom. The van der Waals surface area contributed by atoms with Crippen molar-refractivity contribution in [1.82, 2.24) is 0 Å². The maximum atomic E-state index is 12.7. The average molecular weight is 715 g/mol. The van der Waals surface area contributed by atoms with Crippen LogP contribution >= 0.6 is 21.6 Å². The fourth-order valence-electron chi connectivity index (χ4n) is 5.68. The van der Waals surface area contributed by atoms with Gasteiger partial charge in [0.15, 0.2) is 0 Å². The van der Waals surface area contributed by atoms with Crippen molar-refractivity contribution in [2.24, 2.45) is 0 Å². The lowest BCUT2D eigenvalue weighted by molar-refractivity contribution is -0.156. The molecule has 0 heterocycles. The minimum atomic E-state index is -0.887. The number of phenolic OH excluding ortho intramolecular Hbond substituents is 1. The van der Waals surface area contributed by atoms with Gasteiger partial charge in [0.1, 0.15) is 17.1 Å². The molecule has 0 aliphatic heterocycles. The number of phenols is 1. The molecule has 8 heteroatoms. The Bertz CT molecular complexity index is 1720. The van der Waals surface area contributed by atoms with Crippen molar-refractivity contribution in [2.75, 3.05) is 11.5 Å². The molecule has 2 N–H and O–H groups in total. The number of carbonyl (C=O) groups excluding carboxylic acids is 2. The van der Waals surface area contributed by atoms with Gasteiger partial charge in [0, 0.05) is 22.3 Å². The second-order valence-electron chi connectivity index (χ2n) is 14.6. The number of hydrogen-bond donors (Lipinski definition) is 2. The van der Waals surface area contributed by atoms with Gasteiger partial charge >= 0.3 is 11.9 Å². The van der Waals surface area contributed by atoms with Crippen molar-refractivity contribution < 1.29 is 29.3 Å². The normalized spacial score (nSPS) is 12.4. The Kier molecular flexibility index (Phi) is 12.6. The van der Waals surface area contributed by atoms with Gasteiger partial charge in [-0.05, 0) is 85.3 Å². The molecule has 4 aromatic rings. The third-order valence-electron chi connectivity index (χ3n) is 9.24. The highest BCUT2D eigenvalue weighted by Crippen LogP contribution is 2.36. The van der Waals surface area contributed by atoms with Crippen LogP contribution in [0.4, 0.5) is 0 Å².